The van der Waals surface area contributed by atoms with Gasteiger partial charge in [0.05, 0.1) is 11.7 Å². The molecule has 0 saturated carbocycles. The second-order valence-electron chi connectivity index (χ2n) is 7.26. The molecule has 0 saturated heterocycles. The standard InChI is InChI=1S/C24H23ClN2O2/c1-17-15-22(26-20-7-3-2-4-8-20)21-9-5-6-10-23(21)27(17)24(28)29-16-18-11-13-19(25)14-12-18/h2-14,17,22,26H,15-16H2,1H3. The third-order valence-electron chi connectivity index (χ3n) is 5.18. The molecule has 0 spiro atoms. The number of carbonyl (C=O) groups excluding carboxylic acids is 1. The van der Waals surface area contributed by atoms with Crippen molar-refractivity contribution in [3.8, 4) is 0 Å². The van der Waals surface area contributed by atoms with Crippen molar-refractivity contribution in [3.63, 3.8) is 0 Å². The quantitative estimate of drug-likeness (QED) is 0.542. The lowest BCUT2D eigenvalue weighted by Crippen LogP contribution is -2.44. The molecule has 5 heteroatoms. The number of ether oxygens (including phenoxy) is 1. The SMILES string of the molecule is CC1CC(Nc2ccccc2)c2ccccc2N1C(=O)OCc1ccc(Cl)cc1. The molecule has 1 aliphatic rings. The molecule has 2 unspecified atom stereocenters. The molecule has 1 amide bonds. The van der Waals surface area contributed by atoms with Gasteiger partial charge in [-0.3, -0.25) is 4.90 Å². The van der Waals surface area contributed by atoms with Crippen molar-refractivity contribution in [1.29, 1.82) is 0 Å². The minimum atomic E-state index is -0.335. The number of para-hydroxylation sites is 2. The second-order valence-corrected chi connectivity index (χ2v) is 7.69. The van der Waals surface area contributed by atoms with Crippen molar-refractivity contribution in [2.75, 3.05) is 10.2 Å². The van der Waals surface area contributed by atoms with Crippen molar-refractivity contribution in [3.05, 3.63) is 95.0 Å². The van der Waals surface area contributed by atoms with Gasteiger partial charge in [-0.05, 0) is 54.8 Å². The van der Waals surface area contributed by atoms with E-state index in [2.05, 4.69) is 30.4 Å². The largest absolute Gasteiger partial charge is 0.444 e. The van der Waals surface area contributed by atoms with Crippen molar-refractivity contribution in [1.82, 2.24) is 0 Å². The number of nitrogens with one attached hydrogen (secondary N) is 1. The van der Waals surface area contributed by atoms with Crippen LogP contribution >= 0.6 is 11.6 Å². The Hall–Kier alpha value is -2.98. The number of benzene rings is 3. The van der Waals surface area contributed by atoms with Crippen molar-refractivity contribution in [2.45, 2.75) is 32.0 Å². The highest BCUT2D eigenvalue weighted by Crippen LogP contribution is 2.39. The van der Waals surface area contributed by atoms with Gasteiger partial charge in [0.2, 0.25) is 0 Å². The Morgan fingerprint density at radius 3 is 2.48 bits per heavy atom. The smallest absolute Gasteiger partial charge is 0.414 e. The van der Waals surface area contributed by atoms with E-state index < -0.39 is 0 Å². The summed E-state index contributed by atoms with van der Waals surface area (Å²) in [6.45, 7) is 2.27. The van der Waals surface area contributed by atoms with Crippen LogP contribution < -0.4 is 10.2 Å². The normalized spacial score (nSPS) is 18.1. The Labute approximate surface area is 176 Å². The first-order valence-corrected chi connectivity index (χ1v) is 10.1. The van der Waals surface area contributed by atoms with E-state index >= 15 is 0 Å². The first-order valence-electron chi connectivity index (χ1n) is 9.73. The van der Waals surface area contributed by atoms with Crippen LogP contribution in [0.4, 0.5) is 16.2 Å². The fourth-order valence-electron chi connectivity index (χ4n) is 3.76. The average molecular weight is 407 g/mol. The number of nitrogens with zero attached hydrogens (tertiary/aromatic N) is 1. The lowest BCUT2D eigenvalue weighted by molar-refractivity contribution is 0.144. The molecule has 2 atom stereocenters. The summed E-state index contributed by atoms with van der Waals surface area (Å²) in [6.07, 6.45) is 0.458. The van der Waals surface area contributed by atoms with Gasteiger partial charge < -0.3 is 10.1 Å². The van der Waals surface area contributed by atoms with Crippen molar-refractivity contribution >= 4 is 29.1 Å². The predicted octanol–water partition coefficient (Wildman–Crippen LogP) is 6.43. The fourth-order valence-corrected chi connectivity index (χ4v) is 3.88. The zero-order valence-corrected chi connectivity index (χ0v) is 17.0. The predicted molar refractivity (Wildman–Crippen MR) is 117 cm³/mol. The number of rotatable bonds is 4. The average Bonchev–Trinajstić information content (AvgIpc) is 2.74. The molecule has 0 radical (unpaired) electrons. The van der Waals surface area contributed by atoms with Gasteiger partial charge in [0.25, 0.3) is 0 Å². The molecule has 4 nitrogen and oxygen atoms in total. The van der Waals surface area contributed by atoms with Gasteiger partial charge in [-0.25, -0.2) is 4.79 Å². The zero-order valence-electron chi connectivity index (χ0n) is 16.2. The van der Waals surface area contributed by atoms with Crippen LogP contribution in [0.3, 0.4) is 0 Å². The van der Waals surface area contributed by atoms with Crippen LogP contribution in [-0.4, -0.2) is 12.1 Å². The van der Waals surface area contributed by atoms with Crippen LogP contribution in [-0.2, 0) is 11.3 Å². The fraction of sp³-hybridized carbons (Fsp3) is 0.208. The van der Waals surface area contributed by atoms with E-state index in [1.807, 2.05) is 48.5 Å². The monoisotopic (exact) mass is 406 g/mol. The summed E-state index contributed by atoms with van der Waals surface area (Å²) in [5.41, 5.74) is 3.96. The Morgan fingerprint density at radius 2 is 1.72 bits per heavy atom. The maximum atomic E-state index is 12.9. The summed E-state index contributed by atoms with van der Waals surface area (Å²) in [4.78, 5) is 14.7. The number of anilines is 2. The number of halogens is 1. The minimum Gasteiger partial charge on any atom is -0.444 e. The van der Waals surface area contributed by atoms with E-state index in [0.29, 0.717) is 5.02 Å². The molecule has 3 aromatic carbocycles. The first kappa shape index (κ1) is 19.3. The molecule has 148 valence electrons. The number of carbonyl (C=O) groups is 1. The highest BCUT2D eigenvalue weighted by molar-refractivity contribution is 6.30. The minimum absolute atomic E-state index is 0.00355. The summed E-state index contributed by atoms with van der Waals surface area (Å²) < 4.78 is 5.61. The summed E-state index contributed by atoms with van der Waals surface area (Å²) in [7, 11) is 0. The summed E-state index contributed by atoms with van der Waals surface area (Å²) >= 11 is 5.92. The van der Waals surface area contributed by atoms with E-state index in [9.17, 15) is 4.79 Å². The Morgan fingerprint density at radius 1 is 1.03 bits per heavy atom. The van der Waals surface area contributed by atoms with Crippen LogP contribution in [0.5, 0.6) is 0 Å². The van der Waals surface area contributed by atoms with Gasteiger partial charge >= 0.3 is 6.09 Å². The highest BCUT2D eigenvalue weighted by Gasteiger charge is 2.34. The highest BCUT2D eigenvalue weighted by atomic mass is 35.5. The molecule has 3 aromatic rings. The van der Waals surface area contributed by atoms with E-state index in [1.54, 1.807) is 17.0 Å². The third kappa shape index (κ3) is 4.38. The number of amides is 1. The zero-order chi connectivity index (χ0) is 20.2. The van der Waals surface area contributed by atoms with Gasteiger partial charge in [0.15, 0.2) is 0 Å². The Balaban J connectivity index is 1.53. The number of fused-ring (bicyclic) bond motifs is 1. The van der Waals surface area contributed by atoms with Crippen LogP contribution in [0, 0.1) is 0 Å². The first-order chi connectivity index (χ1) is 14.1. The molecule has 0 aromatic heterocycles. The molecule has 1 heterocycles. The number of hydrogen-bond donors (Lipinski definition) is 1. The molecule has 29 heavy (non-hydrogen) atoms. The lowest BCUT2D eigenvalue weighted by Gasteiger charge is -2.39. The third-order valence-corrected chi connectivity index (χ3v) is 5.43. The lowest BCUT2D eigenvalue weighted by atomic mass is 9.92. The molecular formula is C24H23ClN2O2. The Kier molecular flexibility index (Phi) is 5.72. The van der Waals surface area contributed by atoms with Crippen molar-refractivity contribution < 1.29 is 9.53 Å². The molecular weight excluding hydrogens is 384 g/mol. The molecule has 1 N–H and O–H groups in total. The van der Waals surface area contributed by atoms with Gasteiger partial charge in [-0.2, -0.15) is 0 Å². The van der Waals surface area contributed by atoms with Crippen LogP contribution in [0.2, 0.25) is 5.02 Å². The number of hydrogen-bond acceptors (Lipinski definition) is 3. The molecule has 0 aliphatic carbocycles. The maximum absolute atomic E-state index is 12.9. The van der Waals surface area contributed by atoms with Crippen LogP contribution in [0.1, 0.15) is 30.5 Å². The summed E-state index contributed by atoms with van der Waals surface area (Å²) in [5.74, 6) is 0. The topological polar surface area (TPSA) is 41.6 Å². The van der Waals surface area contributed by atoms with Gasteiger partial charge in [-0.1, -0.05) is 60.1 Å². The Bertz CT molecular complexity index is 976. The van der Waals surface area contributed by atoms with Crippen molar-refractivity contribution in [2.24, 2.45) is 0 Å². The van der Waals surface area contributed by atoms with E-state index in [-0.39, 0.29) is 24.8 Å². The molecule has 0 bridgehead atoms. The van der Waals surface area contributed by atoms with Crippen LogP contribution in [0.15, 0.2) is 78.9 Å². The van der Waals surface area contributed by atoms with Crippen LogP contribution in [0.25, 0.3) is 0 Å². The summed E-state index contributed by atoms with van der Waals surface area (Å²) in [6, 6.07) is 25.6. The van der Waals surface area contributed by atoms with Gasteiger partial charge in [0.1, 0.15) is 6.61 Å². The molecule has 4 rings (SSSR count). The summed E-state index contributed by atoms with van der Waals surface area (Å²) in [5, 5.41) is 4.26. The van der Waals surface area contributed by atoms with E-state index in [0.717, 1.165) is 28.9 Å². The molecule has 1 aliphatic heterocycles. The van der Waals surface area contributed by atoms with Gasteiger partial charge in [0, 0.05) is 16.8 Å². The second kappa shape index (κ2) is 8.58. The van der Waals surface area contributed by atoms with E-state index in [1.165, 1.54) is 0 Å². The van der Waals surface area contributed by atoms with Gasteiger partial charge in [-0.15, -0.1) is 0 Å². The van der Waals surface area contributed by atoms with E-state index in [4.69, 9.17) is 16.3 Å². The molecule has 0 fully saturated rings. The maximum Gasteiger partial charge on any atom is 0.414 e.